The number of aryl methyl sites for hydroxylation is 1. The molecule has 0 aliphatic carbocycles. The lowest BCUT2D eigenvalue weighted by atomic mass is 10.1. The zero-order valence-corrected chi connectivity index (χ0v) is 11.2. The molecule has 1 aliphatic heterocycles. The molecule has 0 unspecified atom stereocenters. The maximum atomic E-state index is 6.35. The normalized spacial score (nSPS) is 16.2. The zero-order valence-electron chi connectivity index (χ0n) is 10.4. The SMILES string of the molecule is Cc1cc(N2CCNCC2)c2c(Cl)cccc2n1. The quantitative estimate of drug-likeness (QED) is 0.855. The van der Waals surface area contributed by atoms with Gasteiger partial charge in [0.15, 0.2) is 0 Å². The summed E-state index contributed by atoms with van der Waals surface area (Å²) in [6.45, 7) is 6.11. The summed E-state index contributed by atoms with van der Waals surface area (Å²) >= 11 is 6.35. The first-order chi connectivity index (χ1) is 8.75. The van der Waals surface area contributed by atoms with Crippen LogP contribution in [0.25, 0.3) is 10.9 Å². The summed E-state index contributed by atoms with van der Waals surface area (Å²) in [5.74, 6) is 0. The number of hydrogen-bond donors (Lipinski definition) is 1. The Morgan fingerprint density at radius 3 is 2.83 bits per heavy atom. The molecule has 18 heavy (non-hydrogen) atoms. The maximum Gasteiger partial charge on any atom is 0.0741 e. The summed E-state index contributed by atoms with van der Waals surface area (Å²) < 4.78 is 0. The van der Waals surface area contributed by atoms with Crippen LogP contribution in [0.3, 0.4) is 0 Å². The van der Waals surface area contributed by atoms with E-state index in [4.69, 9.17) is 11.6 Å². The third-order valence-electron chi connectivity index (χ3n) is 3.35. The van der Waals surface area contributed by atoms with Crippen LogP contribution in [-0.4, -0.2) is 31.2 Å². The highest BCUT2D eigenvalue weighted by molar-refractivity contribution is 6.36. The van der Waals surface area contributed by atoms with E-state index in [-0.39, 0.29) is 0 Å². The van der Waals surface area contributed by atoms with E-state index in [1.165, 1.54) is 5.69 Å². The Morgan fingerprint density at radius 1 is 1.28 bits per heavy atom. The van der Waals surface area contributed by atoms with Crippen molar-refractivity contribution in [1.82, 2.24) is 10.3 Å². The first-order valence-corrected chi connectivity index (χ1v) is 6.65. The molecule has 2 aromatic rings. The van der Waals surface area contributed by atoms with Gasteiger partial charge in [-0.15, -0.1) is 0 Å². The Balaban J connectivity index is 2.19. The number of hydrogen-bond acceptors (Lipinski definition) is 3. The largest absolute Gasteiger partial charge is 0.368 e. The van der Waals surface area contributed by atoms with Crippen LogP contribution < -0.4 is 10.2 Å². The molecule has 2 heterocycles. The number of nitrogens with one attached hydrogen (secondary N) is 1. The van der Waals surface area contributed by atoms with Gasteiger partial charge in [-0.1, -0.05) is 17.7 Å². The number of fused-ring (bicyclic) bond motifs is 1. The summed E-state index contributed by atoms with van der Waals surface area (Å²) in [7, 11) is 0. The van der Waals surface area contributed by atoms with E-state index in [2.05, 4.69) is 21.3 Å². The highest BCUT2D eigenvalue weighted by atomic mass is 35.5. The molecule has 1 fully saturated rings. The van der Waals surface area contributed by atoms with Crippen LogP contribution in [0.1, 0.15) is 5.69 Å². The third kappa shape index (κ3) is 2.04. The Kier molecular flexibility index (Phi) is 3.10. The van der Waals surface area contributed by atoms with Crippen LogP contribution >= 0.6 is 11.6 Å². The van der Waals surface area contributed by atoms with Crippen molar-refractivity contribution in [3.63, 3.8) is 0 Å². The lowest BCUT2D eigenvalue weighted by Gasteiger charge is -2.30. The minimum Gasteiger partial charge on any atom is -0.368 e. The van der Waals surface area contributed by atoms with Gasteiger partial charge >= 0.3 is 0 Å². The van der Waals surface area contributed by atoms with Gasteiger partial charge in [-0.05, 0) is 25.1 Å². The molecule has 0 radical (unpaired) electrons. The van der Waals surface area contributed by atoms with Crippen molar-refractivity contribution in [2.75, 3.05) is 31.1 Å². The zero-order chi connectivity index (χ0) is 12.5. The lowest BCUT2D eigenvalue weighted by Crippen LogP contribution is -2.43. The number of halogens is 1. The van der Waals surface area contributed by atoms with Crippen molar-refractivity contribution < 1.29 is 0 Å². The van der Waals surface area contributed by atoms with E-state index in [1.54, 1.807) is 0 Å². The highest BCUT2D eigenvalue weighted by Crippen LogP contribution is 2.32. The first-order valence-electron chi connectivity index (χ1n) is 6.27. The van der Waals surface area contributed by atoms with Gasteiger partial charge in [0.1, 0.15) is 0 Å². The molecule has 0 amide bonds. The van der Waals surface area contributed by atoms with Crippen molar-refractivity contribution in [3.8, 4) is 0 Å². The lowest BCUT2D eigenvalue weighted by molar-refractivity contribution is 0.590. The van der Waals surface area contributed by atoms with Gasteiger partial charge in [0.25, 0.3) is 0 Å². The smallest absolute Gasteiger partial charge is 0.0741 e. The number of benzene rings is 1. The van der Waals surface area contributed by atoms with Crippen molar-refractivity contribution in [2.45, 2.75) is 6.92 Å². The summed E-state index contributed by atoms with van der Waals surface area (Å²) in [6, 6.07) is 8.06. The average Bonchev–Trinajstić information content (AvgIpc) is 2.39. The molecule has 0 spiro atoms. The topological polar surface area (TPSA) is 28.2 Å². The molecule has 4 heteroatoms. The molecule has 0 saturated carbocycles. The number of pyridine rings is 1. The monoisotopic (exact) mass is 261 g/mol. The Bertz CT molecular complexity index is 577. The molecule has 1 aliphatic rings. The predicted molar refractivity (Wildman–Crippen MR) is 76.6 cm³/mol. The molecule has 1 saturated heterocycles. The van der Waals surface area contributed by atoms with E-state index >= 15 is 0 Å². The van der Waals surface area contributed by atoms with Gasteiger partial charge in [-0.25, -0.2) is 0 Å². The molecule has 3 nitrogen and oxygen atoms in total. The van der Waals surface area contributed by atoms with Crippen LogP contribution in [0.4, 0.5) is 5.69 Å². The van der Waals surface area contributed by atoms with Crippen molar-refractivity contribution in [1.29, 1.82) is 0 Å². The first kappa shape index (κ1) is 11.8. The van der Waals surface area contributed by atoms with E-state index < -0.39 is 0 Å². The van der Waals surface area contributed by atoms with E-state index in [1.807, 2.05) is 25.1 Å². The second kappa shape index (κ2) is 4.75. The van der Waals surface area contributed by atoms with Crippen LogP contribution in [0.2, 0.25) is 5.02 Å². The summed E-state index contributed by atoms with van der Waals surface area (Å²) in [5, 5.41) is 5.23. The molecule has 3 rings (SSSR count). The predicted octanol–water partition coefficient (Wildman–Crippen LogP) is 2.61. The number of aromatic nitrogens is 1. The molecule has 0 bridgehead atoms. The second-order valence-electron chi connectivity index (χ2n) is 4.65. The van der Waals surface area contributed by atoms with Crippen LogP contribution in [0.15, 0.2) is 24.3 Å². The van der Waals surface area contributed by atoms with Crippen molar-refractivity contribution in [3.05, 3.63) is 35.0 Å². The van der Waals surface area contributed by atoms with Gasteiger partial charge in [-0.2, -0.15) is 0 Å². The number of rotatable bonds is 1. The summed E-state index contributed by atoms with van der Waals surface area (Å²) in [5.41, 5.74) is 3.24. The van der Waals surface area contributed by atoms with Crippen molar-refractivity contribution in [2.24, 2.45) is 0 Å². The van der Waals surface area contributed by atoms with Crippen LogP contribution in [0.5, 0.6) is 0 Å². The van der Waals surface area contributed by atoms with E-state index in [0.717, 1.165) is 47.8 Å². The van der Waals surface area contributed by atoms with Gasteiger partial charge in [0, 0.05) is 42.9 Å². The maximum absolute atomic E-state index is 6.35. The Morgan fingerprint density at radius 2 is 2.06 bits per heavy atom. The van der Waals surface area contributed by atoms with E-state index in [9.17, 15) is 0 Å². The fraction of sp³-hybridized carbons (Fsp3) is 0.357. The fourth-order valence-electron chi connectivity index (χ4n) is 2.51. The number of nitrogens with zero attached hydrogens (tertiary/aromatic N) is 2. The molecule has 1 N–H and O–H groups in total. The second-order valence-corrected chi connectivity index (χ2v) is 5.06. The Hall–Kier alpha value is -1.32. The van der Waals surface area contributed by atoms with Gasteiger partial charge in [0.05, 0.1) is 10.5 Å². The minimum absolute atomic E-state index is 0.786. The minimum atomic E-state index is 0.786. The highest BCUT2D eigenvalue weighted by Gasteiger charge is 2.16. The molecule has 94 valence electrons. The molecule has 1 aromatic carbocycles. The number of anilines is 1. The molecule has 1 aromatic heterocycles. The number of piperazine rings is 1. The molecular formula is C14H16ClN3. The van der Waals surface area contributed by atoms with Gasteiger partial charge < -0.3 is 10.2 Å². The fourth-order valence-corrected chi connectivity index (χ4v) is 2.77. The third-order valence-corrected chi connectivity index (χ3v) is 3.66. The average molecular weight is 262 g/mol. The Labute approximate surface area is 112 Å². The van der Waals surface area contributed by atoms with Crippen molar-refractivity contribution >= 4 is 28.2 Å². The van der Waals surface area contributed by atoms with E-state index in [0.29, 0.717) is 0 Å². The molecule has 0 atom stereocenters. The van der Waals surface area contributed by atoms with Crippen LogP contribution in [-0.2, 0) is 0 Å². The summed E-state index contributed by atoms with van der Waals surface area (Å²) in [4.78, 5) is 6.95. The summed E-state index contributed by atoms with van der Waals surface area (Å²) in [6.07, 6.45) is 0. The van der Waals surface area contributed by atoms with Gasteiger partial charge in [-0.3, -0.25) is 4.98 Å². The van der Waals surface area contributed by atoms with Gasteiger partial charge in [0.2, 0.25) is 0 Å². The standard InChI is InChI=1S/C14H16ClN3/c1-10-9-13(18-7-5-16-6-8-18)14-11(15)3-2-4-12(14)17-10/h2-4,9,16H,5-8H2,1H3. The van der Waals surface area contributed by atoms with Crippen LogP contribution in [0, 0.1) is 6.92 Å². The molecular weight excluding hydrogens is 246 g/mol.